The van der Waals surface area contributed by atoms with Gasteiger partial charge in [0, 0.05) is 30.8 Å². The fourth-order valence-electron chi connectivity index (χ4n) is 2.79. The minimum Gasteiger partial charge on any atom is -0.339 e. The van der Waals surface area contributed by atoms with Gasteiger partial charge in [0.25, 0.3) is 5.56 Å². The van der Waals surface area contributed by atoms with Gasteiger partial charge in [-0.1, -0.05) is 11.2 Å². The molecular weight excluding hydrogens is 346 g/mol. The number of nitrogens with zero attached hydrogens (tertiary/aromatic N) is 4. The van der Waals surface area contributed by atoms with Gasteiger partial charge in [0.05, 0.1) is 5.56 Å². The van der Waals surface area contributed by atoms with Crippen LogP contribution in [0.25, 0.3) is 11.4 Å². The molecule has 8 nitrogen and oxygen atoms in total. The summed E-state index contributed by atoms with van der Waals surface area (Å²) in [5.41, 5.74) is 1.08. The maximum atomic E-state index is 12.7. The molecule has 0 aromatic carbocycles. The molecular formula is C19H21N5O3. The number of nitrogens with one attached hydrogen (secondary N) is 1. The van der Waals surface area contributed by atoms with Crippen LogP contribution in [0.4, 0.5) is 5.82 Å². The molecule has 0 unspecified atom stereocenters. The van der Waals surface area contributed by atoms with Crippen molar-refractivity contribution in [2.45, 2.75) is 39.7 Å². The number of amides is 1. The number of carbonyl (C=O) groups is 1. The highest BCUT2D eigenvalue weighted by Gasteiger charge is 2.16. The molecule has 0 bridgehead atoms. The van der Waals surface area contributed by atoms with Crippen LogP contribution < -0.4 is 10.9 Å². The molecule has 140 valence electrons. The second kappa shape index (κ2) is 7.94. The van der Waals surface area contributed by atoms with Crippen molar-refractivity contribution in [1.29, 1.82) is 0 Å². The summed E-state index contributed by atoms with van der Waals surface area (Å²) >= 11 is 0. The van der Waals surface area contributed by atoms with Crippen molar-refractivity contribution in [2.24, 2.45) is 0 Å². The first kappa shape index (κ1) is 18.5. The van der Waals surface area contributed by atoms with Crippen molar-refractivity contribution >= 4 is 11.7 Å². The number of hydrogen-bond acceptors (Lipinski definition) is 6. The predicted octanol–water partition coefficient (Wildman–Crippen LogP) is 2.75. The Morgan fingerprint density at radius 2 is 2.07 bits per heavy atom. The van der Waals surface area contributed by atoms with Gasteiger partial charge in [0.2, 0.25) is 17.6 Å². The molecule has 1 N–H and O–H groups in total. The predicted molar refractivity (Wildman–Crippen MR) is 100 cm³/mol. The lowest BCUT2D eigenvalue weighted by Crippen LogP contribution is -2.25. The molecule has 0 radical (unpaired) electrons. The molecule has 3 heterocycles. The van der Waals surface area contributed by atoms with Gasteiger partial charge < -0.3 is 14.4 Å². The Balaban J connectivity index is 1.70. The number of aryl methyl sites for hydroxylation is 2. The van der Waals surface area contributed by atoms with E-state index in [1.807, 2.05) is 26.8 Å². The van der Waals surface area contributed by atoms with Crippen LogP contribution in [0, 0.1) is 6.92 Å². The second-order valence-corrected chi connectivity index (χ2v) is 6.43. The number of anilines is 1. The van der Waals surface area contributed by atoms with Crippen molar-refractivity contribution in [3.05, 3.63) is 58.5 Å². The third-order valence-electron chi connectivity index (χ3n) is 4.04. The smallest absolute Gasteiger partial charge is 0.262 e. The molecule has 0 aliphatic carbocycles. The van der Waals surface area contributed by atoms with E-state index in [4.69, 9.17) is 4.52 Å². The SMILES string of the molecule is Cc1ccc(-c2noc(CCC(=O)Nc3ccccn3)n2)c(=O)n1C(C)C. The molecule has 27 heavy (non-hydrogen) atoms. The fourth-order valence-corrected chi connectivity index (χ4v) is 2.79. The van der Waals surface area contributed by atoms with Crippen molar-refractivity contribution in [2.75, 3.05) is 5.32 Å². The molecule has 0 spiro atoms. The standard InChI is InChI=1S/C19H21N5O3/c1-12(2)24-13(3)7-8-14(19(24)26)18-22-17(27-23-18)10-9-16(25)21-15-6-4-5-11-20-15/h4-8,11-12H,9-10H2,1-3H3,(H,20,21,25). The Kier molecular flexibility index (Phi) is 5.44. The van der Waals surface area contributed by atoms with Crippen LogP contribution in [0.5, 0.6) is 0 Å². The molecule has 0 atom stereocenters. The van der Waals surface area contributed by atoms with Crippen LogP contribution in [0.3, 0.4) is 0 Å². The molecule has 3 rings (SSSR count). The quantitative estimate of drug-likeness (QED) is 0.718. The van der Waals surface area contributed by atoms with Crippen LogP contribution in [0.2, 0.25) is 0 Å². The maximum absolute atomic E-state index is 12.7. The third-order valence-corrected chi connectivity index (χ3v) is 4.04. The van der Waals surface area contributed by atoms with Gasteiger partial charge in [-0.3, -0.25) is 9.59 Å². The van der Waals surface area contributed by atoms with E-state index in [-0.39, 0.29) is 36.2 Å². The maximum Gasteiger partial charge on any atom is 0.262 e. The lowest BCUT2D eigenvalue weighted by molar-refractivity contribution is -0.116. The van der Waals surface area contributed by atoms with Gasteiger partial charge >= 0.3 is 0 Å². The van der Waals surface area contributed by atoms with Crippen LogP contribution in [0.1, 0.15) is 37.9 Å². The van der Waals surface area contributed by atoms with Gasteiger partial charge in [-0.05, 0) is 45.0 Å². The summed E-state index contributed by atoms with van der Waals surface area (Å²) in [7, 11) is 0. The van der Waals surface area contributed by atoms with Gasteiger partial charge in [-0.25, -0.2) is 4.98 Å². The number of pyridine rings is 2. The molecule has 0 saturated heterocycles. The van der Waals surface area contributed by atoms with Crippen molar-refractivity contribution < 1.29 is 9.32 Å². The molecule has 3 aromatic heterocycles. The molecule has 1 amide bonds. The fraction of sp³-hybridized carbons (Fsp3) is 0.316. The summed E-state index contributed by atoms with van der Waals surface area (Å²) in [5.74, 6) is 0.820. The summed E-state index contributed by atoms with van der Waals surface area (Å²) in [6.07, 6.45) is 2.05. The van der Waals surface area contributed by atoms with E-state index in [2.05, 4.69) is 20.4 Å². The van der Waals surface area contributed by atoms with E-state index >= 15 is 0 Å². The minimum atomic E-state index is -0.203. The Labute approximate surface area is 156 Å². The first-order chi connectivity index (χ1) is 13.0. The second-order valence-electron chi connectivity index (χ2n) is 6.43. The zero-order valence-corrected chi connectivity index (χ0v) is 15.5. The highest BCUT2D eigenvalue weighted by molar-refractivity contribution is 5.89. The van der Waals surface area contributed by atoms with Crippen LogP contribution in [-0.4, -0.2) is 25.6 Å². The number of carbonyl (C=O) groups excluding carboxylic acids is 1. The topological polar surface area (TPSA) is 103 Å². The number of hydrogen-bond donors (Lipinski definition) is 1. The Bertz CT molecular complexity index is 992. The van der Waals surface area contributed by atoms with E-state index in [1.165, 1.54) is 0 Å². The molecule has 0 aliphatic rings. The monoisotopic (exact) mass is 367 g/mol. The Hall–Kier alpha value is -3.29. The third kappa shape index (κ3) is 4.28. The van der Waals surface area contributed by atoms with Gasteiger partial charge in [0.15, 0.2) is 0 Å². The average molecular weight is 367 g/mol. The van der Waals surface area contributed by atoms with Crippen LogP contribution in [-0.2, 0) is 11.2 Å². The number of aromatic nitrogens is 4. The van der Waals surface area contributed by atoms with E-state index in [1.54, 1.807) is 35.0 Å². The summed E-state index contributed by atoms with van der Waals surface area (Å²) in [4.78, 5) is 33.0. The van der Waals surface area contributed by atoms with Gasteiger partial charge in [-0.2, -0.15) is 4.98 Å². The van der Waals surface area contributed by atoms with E-state index < -0.39 is 0 Å². The van der Waals surface area contributed by atoms with Crippen molar-refractivity contribution in [3.8, 4) is 11.4 Å². The summed E-state index contributed by atoms with van der Waals surface area (Å²) in [6.45, 7) is 5.77. The highest BCUT2D eigenvalue weighted by Crippen LogP contribution is 2.15. The zero-order valence-electron chi connectivity index (χ0n) is 15.5. The summed E-state index contributed by atoms with van der Waals surface area (Å²) in [6, 6.07) is 8.84. The van der Waals surface area contributed by atoms with E-state index in [0.717, 1.165) is 5.69 Å². The lowest BCUT2D eigenvalue weighted by atomic mass is 10.2. The largest absolute Gasteiger partial charge is 0.339 e. The highest BCUT2D eigenvalue weighted by atomic mass is 16.5. The molecule has 0 saturated carbocycles. The average Bonchev–Trinajstić information content (AvgIpc) is 3.09. The zero-order chi connectivity index (χ0) is 19.4. The molecule has 8 heteroatoms. The van der Waals surface area contributed by atoms with Gasteiger partial charge in [0.1, 0.15) is 5.82 Å². The van der Waals surface area contributed by atoms with Crippen LogP contribution >= 0.6 is 0 Å². The normalized spacial score (nSPS) is 11.0. The lowest BCUT2D eigenvalue weighted by Gasteiger charge is -2.14. The first-order valence-corrected chi connectivity index (χ1v) is 8.71. The van der Waals surface area contributed by atoms with E-state index in [0.29, 0.717) is 17.3 Å². The Morgan fingerprint density at radius 3 is 2.78 bits per heavy atom. The molecule has 0 aliphatic heterocycles. The van der Waals surface area contributed by atoms with Crippen molar-refractivity contribution in [1.82, 2.24) is 19.7 Å². The summed E-state index contributed by atoms with van der Waals surface area (Å²) < 4.78 is 6.89. The summed E-state index contributed by atoms with van der Waals surface area (Å²) in [5, 5.41) is 6.59. The molecule has 3 aromatic rings. The van der Waals surface area contributed by atoms with Crippen LogP contribution in [0.15, 0.2) is 45.8 Å². The number of rotatable bonds is 6. The van der Waals surface area contributed by atoms with E-state index in [9.17, 15) is 9.59 Å². The molecule has 0 fully saturated rings. The minimum absolute atomic E-state index is 0.0270. The Morgan fingerprint density at radius 1 is 1.26 bits per heavy atom. The van der Waals surface area contributed by atoms with Crippen molar-refractivity contribution in [3.63, 3.8) is 0 Å². The first-order valence-electron chi connectivity index (χ1n) is 8.71. The van der Waals surface area contributed by atoms with Gasteiger partial charge in [-0.15, -0.1) is 0 Å².